The molecule has 1 atom stereocenters. The maximum atomic E-state index is 12.6. The van der Waals surface area contributed by atoms with Crippen molar-refractivity contribution in [2.45, 2.75) is 89.3 Å². The zero-order valence-electron chi connectivity index (χ0n) is 13.1. The molecule has 1 unspecified atom stereocenters. The lowest BCUT2D eigenvalue weighted by Gasteiger charge is -2.31. The predicted octanol–water partition coefficient (Wildman–Crippen LogP) is 2.61. The summed E-state index contributed by atoms with van der Waals surface area (Å²) in [6.07, 6.45) is 10.7. The van der Waals surface area contributed by atoms with Crippen LogP contribution in [0.3, 0.4) is 0 Å². The van der Waals surface area contributed by atoms with Crippen molar-refractivity contribution in [2.75, 3.05) is 0 Å². The first kappa shape index (κ1) is 15.0. The Morgan fingerprint density at radius 2 is 1.62 bits per heavy atom. The Balaban J connectivity index is 1.58. The summed E-state index contributed by atoms with van der Waals surface area (Å²) in [6, 6.07) is 0.351. The summed E-state index contributed by atoms with van der Waals surface area (Å²) < 4.78 is 0. The van der Waals surface area contributed by atoms with E-state index in [1.165, 1.54) is 19.3 Å². The van der Waals surface area contributed by atoms with Crippen molar-refractivity contribution in [1.82, 2.24) is 10.2 Å². The third-order valence-electron chi connectivity index (χ3n) is 5.58. The van der Waals surface area contributed by atoms with Gasteiger partial charge in [0.15, 0.2) is 0 Å². The van der Waals surface area contributed by atoms with E-state index in [0.717, 1.165) is 44.4 Å². The fourth-order valence-electron chi connectivity index (χ4n) is 4.22. The van der Waals surface area contributed by atoms with E-state index in [9.17, 15) is 9.59 Å². The van der Waals surface area contributed by atoms with Crippen molar-refractivity contribution in [2.24, 2.45) is 5.92 Å². The number of imide groups is 1. The second kappa shape index (κ2) is 6.47. The number of rotatable bonds is 3. The number of amides is 2. The molecule has 21 heavy (non-hydrogen) atoms. The van der Waals surface area contributed by atoms with E-state index < -0.39 is 0 Å². The third-order valence-corrected chi connectivity index (χ3v) is 5.58. The molecule has 1 saturated heterocycles. The monoisotopic (exact) mass is 292 g/mol. The summed E-state index contributed by atoms with van der Waals surface area (Å²) in [5, 5.41) is 3.48. The van der Waals surface area contributed by atoms with E-state index in [-0.39, 0.29) is 23.9 Å². The average Bonchev–Trinajstić information content (AvgIpc) is 2.77. The summed E-state index contributed by atoms with van der Waals surface area (Å²) in [7, 11) is 0. The van der Waals surface area contributed by atoms with Crippen LogP contribution < -0.4 is 5.32 Å². The van der Waals surface area contributed by atoms with Gasteiger partial charge in [0.2, 0.25) is 11.8 Å². The molecule has 2 saturated carbocycles. The highest BCUT2D eigenvalue weighted by Gasteiger charge is 2.43. The van der Waals surface area contributed by atoms with E-state index in [1.54, 1.807) is 4.90 Å². The molecule has 3 aliphatic rings. The van der Waals surface area contributed by atoms with Gasteiger partial charge in [-0.15, -0.1) is 0 Å². The van der Waals surface area contributed by atoms with Crippen molar-refractivity contribution in [3.8, 4) is 0 Å². The minimum absolute atomic E-state index is 0.0468. The van der Waals surface area contributed by atoms with Crippen LogP contribution >= 0.6 is 0 Å². The SMILES string of the molecule is CC1CCC(NC2CC(=O)N(C3CCCCC3)C2=O)CC1. The highest BCUT2D eigenvalue weighted by atomic mass is 16.2. The average molecular weight is 292 g/mol. The quantitative estimate of drug-likeness (QED) is 0.814. The number of likely N-dealkylation sites (tertiary alicyclic amines) is 1. The first-order valence-electron chi connectivity index (χ1n) is 8.77. The zero-order valence-corrected chi connectivity index (χ0v) is 13.1. The van der Waals surface area contributed by atoms with Crippen LogP contribution in [0.2, 0.25) is 0 Å². The highest BCUT2D eigenvalue weighted by Crippen LogP contribution is 2.29. The van der Waals surface area contributed by atoms with Crippen LogP contribution in [-0.2, 0) is 9.59 Å². The molecule has 0 aromatic rings. The molecule has 1 aliphatic heterocycles. The summed E-state index contributed by atoms with van der Waals surface area (Å²) >= 11 is 0. The van der Waals surface area contributed by atoms with Crippen molar-refractivity contribution >= 4 is 11.8 Å². The van der Waals surface area contributed by atoms with Crippen molar-refractivity contribution < 1.29 is 9.59 Å². The van der Waals surface area contributed by atoms with Crippen molar-refractivity contribution in [3.05, 3.63) is 0 Å². The second-order valence-corrected chi connectivity index (χ2v) is 7.27. The molecule has 4 heteroatoms. The maximum absolute atomic E-state index is 12.6. The normalized spacial score (nSPS) is 35.5. The van der Waals surface area contributed by atoms with Gasteiger partial charge >= 0.3 is 0 Å². The highest BCUT2D eigenvalue weighted by molar-refractivity contribution is 6.05. The standard InChI is InChI=1S/C17H28N2O2/c1-12-7-9-13(10-8-12)18-15-11-16(20)19(17(15)21)14-5-3-2-4-6-14/h12-15,18H,2-11H2,1H3. The molecular formula is C17H28N2O2. The Labute approximate surface area is 127 Å². The molecule has 1 N–H and O–H groups in total. The molecule has 0 spiro atoms. The van der Waals surface area contributed by atoms with Gasteiger partial charge in [0.25, 0.3) is 0 Å². The Morgan fingerprint density at radius 1 is 0.952 bits per heavy atom. The lowest BCUT2D eigenvalue weighted by molar-refractivity contribution is -0.142. The molecule has 2 aliphatic carbocycles. The van der Waals surface area contributed by atoms with Gasteiger partial charge in [0.05, 0.1) is 12.5 Å². The van der Waals surface area contributed by atoms with Gasteiger partial charge in [-0.2, -0.15) is 0 Å². The van der Waals surface area contributed by atoms with Crippen molar-refractivity contribution in [1.29, 1.82) is 0 Å². The topological polar surface area (TPSA) is 49.4 Å². The Bertz CT molecular complexity index is 396. The molecule has 4 nitrogen and oxygen atoms in total. The van der Waals surface area contributed by atoms with Gasteiger partial charge in [-0.1, -0.05) is 26.2 Å². The molecule has 0 aromatic heterocycles. The molecule has 0 radical (unpaired) electrons. The molecule has 1 heterocycles. The van der Waals surface area contributed by atoms with E-state index in [2.05, 4.69) is 12.2 Å². The number of nitrogens with one attached hydrogen (secondary N) is 1. The van der Waals surface area contributed by atoms with Gasteiger partial charge in [-0.05, 0) is 44.4 Å². The van der Waals surface area contributed by atoms with E-state index in [1.807, 2.05) is 0 Å². The lowest BCUT2D eigenvalue weighted by atomic mass is 9.87. The second-order valence-electron chi connectivity index (χ2n) is 7.27. The Hall–Kier alpha value is -0.900. The van der Waals surface area contributed by atoms with Crippen LogP contribution in [0.5, 0.6) is 0 Å². The minimum Gasteiger partial charge on any atom is -0.303 e. The number of carbonyl (C=O) groups is 2. The predicted molar refractivity (Wildman–Crippen MR) is 81.7 cm³/mol. The van der Waals surface area contributed by atoms with Gasteiger partial charge in [-0.3, -0.25) is 14.5 Å². The number of carbonyl (C=O) groups excluding carboxylic acids is 2. The fraction of sp³-hybridized carbons (Fsp3) is 0.882. The number of hydrogen-bond donors (Lipinski definition) is 1. The van der Waals surface area contributed by atoms with Gasteiger partial charge in [-0.25, -0.2) is 0 Å². The maximum Gasteiger partial charge on any atom is 0.247 e. The van der Waals surface area contributed by atoms with Crippen LogP contribution in [0, 0.1) is 5.92 Å². The van der Waals surface area contributed by atoms with Crippen LogP contribution in [0.25, 0.3) is 0 Å². The summed E-state index contributed by atoms with van der Waals surface area (Å²) in [4.78, 5) is 26.4. The zero-order chi connectivity index (χ0) is 14.8. The minimum atomic E-state index is -0.252. The Kier molecular flexibility index (Phi) is 4.63. The van der Waals surface area contributed by atoms with Crippen molar-refractivity contribution in [3.63, 3.8) is 0 Å². The largest absolute Gasteiger partial charge is 0.303 e. The van der Waals surface area contributed by atoms with Gasteiger partial charge < -0.3 is 5.32 Å². The third kappa shape index (κ3) is 3.31. The molecule has 0 bridgehead atoms. The number of hydrogen-bond acceptors (Lipinski definition) is 3. The van der Waals surface area contributed by atoms with Crippen LogP contribution in [-0.4, -0.2) is 34.8 Å². The first-order valence-corrected chi connectivity index (χ1v) is 8.77. The molecule has 118 valence electrons. The van der Waals surface area contributed by atoms with E-state index >= 15 is 0 Å². The Morgan fingerprint density at radius 3 is 2.29 bits per heavy atom. The van der Waals surface area contributed by atoms with E-state index in [4.69, 9.17) is 0 Å². The fourth-order valence-corrected chi connectivity index (χ4v) is 4.22. The molecule has 3 fully saturated rings. The molecular weight excluding hydrogens is 264 g/mol. The molecule has 2 amide bonds. The molecule has 3 rings (SSSR count). The van der Waals surface area contributed by atoms with Gasteiger partial charge in [0.1, 0.15) is 0 Å². The smallest absolute Gasteiger partial charge is 0.247 e. The first-order chi connectivity index (χ1) is 10.1. The van der Waals surface area contributed by atoms with Gasteiger partial charge in [0, 0.05) is 12.1 Å². The van der Waals surface area contributed by atoms with Crippen LogP contribution in [0.1, 0.15) is 71.1 Å². The van der Waals surface area contributed by atoms with Crippen LogP contribution in [0.15, 0.2) is 0 Å². The molecule has 0 aromatic carbocycles. The summed E-state index contributed by atoms with van der Waals surface area (Å²) in [6.45, 7) is 2.30. The summed E-state index contributed by atoms with van der Waals surface area (Å²) in [5.41, 5.74) is 0. The lowest BCUT2D eigenvalue weighted by Crippen LogP contribution is -2.47. The number of nitrogens with zero attached hydrogens (tertiary/aromatic N) is 1. The van der Waals surface area contributed by atoms with Crippen LogP contribution in [0.4, 0.5) is 0 Å². The summed E-state index contributed by atoms with van der Waals surface area (Å²) in [5.74, 6) is 0.904. The van der Waals surface area contributed by atoms with E-state index in [0.29, 0.717) is 12.5 Å².